The zero-order valence-corrected chi connectivity index (χ0v) is 14.9. The van der Waals surface area contributed by atoms with Gasteiger partial charge < -0.3 is 10.2 Å². The number of nitrogens with zero attached hydrogens (tertiary/aromatic N) is 3. The predicted octanol–water partition coefficient (Wildman–Crippen LogP) is 4.20. The Morgan fingerprint density at radius 2 is 1.86 bits per heavy atom. The standard InChI is InChI=1S/C20H16F2N4O2/c1-2-16(26-28-18-8-3-4-11-23-18)13-9-10-17(24-12-13)25-20(27)19-14(21)6-5-7-15(19)22/h3-12H,2H2,1H3,(H,24,25,27)/b26-16-. The molecule has 0 aliphatic rings. The number of rotatable bonds is 6. The van der Waals surface area contributed by atoms with Crippen LogP contribution >= 0.6 is 0 Å². The first-order valence-electron chi connectivity index (χ1n) is 8.45. The summed E-state index contributed by atoms with van der Waals surface area (Å²) in [6.45, 7) is 1.90. The van der Waals surface area contributed by atoms with Crippen LogP contribution in [0.5, 0.6) is 5.88 Å². The summed E-state index contributed by atoms with van der Waals surface area (Å²) in [6, 6.07) is 11.6. The molecule has 0 unspecified atom stereocenters. The maximum atomic E-state index is 13.7. The number of anilines is 1. The number of benzene rings is 1. The summed E-state index contributed by atoms with van der Waals surface area (Å²) in [5.74, 6) is -2.30. The minimum absolute atomic E-state index is 0.150. The number of aromatic nitrogens is 2. The van der Waals surface area contributed by atoms with Crippen molar-refractivity contribution in [1.29, 1.82) is 0 Å². The Balaban J connectivity index is 1.72. The first-order valence-corrected chi connectivity index (χ1v) is 8.45. The largest absolute Gasteiger partial charge is 0.336 e. The number of carbonyl (C=O) groups is 1. The Morgan fingerprint density at radius 1 is 1.07 bits per heavy atom. The molecule has 0 radical (unpaired) electrons. The predicted molar refractivity (Wildman–Crippen MR) is 100 cm³/mol. The van der Waals surface area contributed by atoms with Crippen LogP contribution < -0.4 is 10.2 Å². The van der Waals surface area contributed by atoms with Gasteiger partial charge in [0, 0.05) is 24.0 Å². The number of oxime groups is 1. The van der Waals surface area contributed by atoms with Crippen molar-refractivity contribution in [1.82, 2.24) is 9.97 Å². The molecule has 0 fully saturated rings. The van der Waals surface area contributed by atoms with Gasteiger partial charge in [-0.3, -0.25) is 4.79 Å². The zero-order valence-electron chi connectivity index (χ0n) is 14.9. The third kappa shape index (κ3) is 4.53. The van der Waals surface area contributed by atoms with Crippen molar-refractivity contribution in [2.45, 2.75) is 13.3 Å². The highest BCUT2D eigenvalue weighted by molar-refractivity contribution is 6.04. The van der Waals surface area contributed by atoms with Gasteiger partial charge in [0.15, 0.2) is 0 Å². The average molecular weight is 382 g/mol. The number of amides is 1. The van der Waals surface area contributed by atoms with E-state index in [-0.39, 0.29) is 5.82 Å². The van der Waals surface area contributed by atoms with E-state index in [2.05, 4.69) is 20.4 Å². The molecule has 28 heavy (non-hydrogen) atoms. The molecule has 6 nitrogen and oxygen atoms in total. The molecule has 0 bridgehead atoms. The summed E-state index contributed by atoms with van der Waals surface area (Å²) in [5, 5.41) is 6.44. The summed E-state index contributed by atoms with van der Waals surface area (Å²) in [7, 11) is 0. The number of nitrogens with one attached hydrogen (secondary N) is 1. The lowest BCUT2D eigenvalue weighted by Gasteiger charge is -2.08. The van der Waals surface area contributed by atoms with Crippen molar-refractivity contribution < 1.29 is 18.4 Å². The number of halogens is 2. The Labute approximate surface area is 159 Å². The van der Waals surface area contributed by atoms with Crippen LogP contribution in [0.2, 0.25) is 0 Å². The molecule has 3 aromatic rings. The number of carbonyl (C=O) groups excluding carboxylic acids is 1. The molecule has 0 aliphatic heterocycles. The Hall–Kier alpha value is -3.68. The fraction of sp³-hybridized carbons (Fsp3) is 0.100. The molecular weight excluding hydrogens is 366 g/mol. The maximum Gasteiger partial charge on any atom is 0.262 e. The van der Waals surface area contributed by atoms with E-state index < -0.39 is 23.1 Å². The van der Waals surface area contributed by atoms with Gasteiger partial charge in [-0.25, -0.2) is 18.7 Å². The zero-order chi connectivity index (χ0) is 19.9. The third-order valence-electron chi connectivity index (χ3n) is 3.75. The van der Waals surface area contributed by atoms with Crippen LogP contribution in [0.4, 0.5) is 14.6 Å². The van der Waals surface area contributed by atoms with E-state index in [1.165, 1.54) is 18.3 Å². The second-order valence-electron chi connectivity index (χ2n) is 5.63. The molecule has 3 rings (SSSR count). The highest BCUT2D eigenvalue weighted by Gasteiger charge is 2.17. The number of hydrogen-bond donors (Lipinski definition) is 1. The van der Waals surface area contributed by atoms with Gasteiger partial charge in [0.2, 0.25) is 5.88 Å². The summed E-state index contributed by atoms with van der Waals surface area (Å²) in [4.78, 5) is 25.5. The van der Waals surface area contributed by atoms with Crippen LogP contribution in [0.15, 0.2) is 66.1 Å². The SMILES string of the molecule is CC/C(=N/Oc1ccccn1)c1ccc(NC(=O)c2c(F)cccc2F)nc1. The van der Waals surface area contributed by atoms with E-state index in [9.17, 15) is 13.6 Å². The van der Waals surface area contributed by atoms with Gasteiger partial charge >= 0.3 is 0 Å². The molecule has 8 heteroatoms. The van der Waals surface area contributed by atoms with E-state index >= 15 is 0 Å². The smallest absolute Gasteiger partial charge is 0.262 e. The molecule has 1 N–H and O–H groups in total. The molecular formula is C20H16F2N4O2. The topological polar surface area (TPSA) is 76.5 Å². The molecule has 0 saturated carbocycles. The van der Waals surface area contributed by atoms with Gasteiger partial charge in [-0.2, -0.15) is 0 Å². The van der Waals surface area contributed by atoms with E-state index in [1.54, 1.807) is 30.5 Å². The van der Waals surface area contributed by atoms with Crippen LogP contribution in [0.1, 0.15) is 29.3 Å². The second kappa shape index (κ2) is 8.81. The Morgan fingerprint density at radius 3 is 2.46 bits per heavy atom. The molecule has 0 atom stereocenters. The Kier molecular flexibility index (Phi) is 6.01. The van der Waals surface area contributed by atoms with E-state index in [1.807, 2.05) is 6.92 Å². The molecule has 0 aliphatic carbocycles. The summed E-state index contributed by atoms with van der Waals surface area (Å²) >= 11 is 0. The van der Waals surface area contributed by atoms with Crippen LogP contribution in [0, 0.1) is 11.6 Å². The average Bonchev–Trinajstić information content (AvgIpc) is 2.70. The highest BCUT2D eigenvalue weighted by atomic mass is 19.1. The van der Waals surface area contributed by atoms with Crippen molar-refractivity contribution in [3.8, 4) is 5.88 Å². The molecule has 0 saturated heterocycles. The van der Waals surface area contributed by atoms with Gasteiger partial charge in [0.25, 0.3) is 5.91 Å². The minimum atomic E-state index is -0.943. The van der Waals surface area contributed by atoms with Crippen molar-refractivity contribution in [3.05, 3.63) is 83.7 Å². The quantitative estimate of drug-likeness (QED) is 0.512. The van der Waals surface area contributed by atoms with Crippen molar-refractivity contribution >= 4 is 17.4 Å². The van der Waals surface area contributed by atoms with Gasteiger partial charge in [0.05, 0.1) is 5.71 Å². The number of pyridine rings is 2. The van der Waals surface area contributed by atoms with Crippen LogP contribution in [0.3, 0.4) is 0 Å². The molecule has 0 spiro atoms. The molecule has 142 valence electrons. The van der Waals surface area contributed by atoms with Crippen molar-refractivity contribution in [3.63, 3.8) is 0 Å². The van der Waals surface area contributed by atoms with Gasteiger partial charge in [-0.05, 0) is 36.8 Å². The highest BCUT2D eigenvalue weighted by Crippen LogP contribution is 2.15. The first-order chi connectivity index (χ1) is 13.6. The summed E-state index contributed by atoms with van der Waals surface area (Å²) in [5.41, 5.74) is 0.637. The second-order valence-corrected chi connectivity index (χ2v) is 5.63. The van der Waals surface area contributed by atoms with E-state index in [4.69, 9.17) is 4.84 Å². The van der Waals surface area contributed by atoms with Gasteiger partial charge in [-0.1, -0.05) is 24.2 Å². The lowest BCUT2D eigenvalue weighted by atomic mass is 10.1. The van der Waals surface area contributed by atoms with Crippen molar-refractivity contribution in [2.75, 3.05) is 5.32 Å². The monoisotopic (exact) mass is 382 g/mol. The third-order valence-corrected chi connectivity index (χ3v) is 3.75. The minimum Gasteiger partial charge on any atom is -0.336 e. The normalized spacial score (nSPS) is 11.2. The van der Waals surface area contributed by atoms with E-state index in [0.29, 0.717) is 23.6 Å². The Bertz CT molecular complexity index is 973. The molecule has 2 heterocycles. The molecule has 1 aromatic carbocycles. The first kappa shape index (κ1) is 19.1. The van der Waals surface area contributed by atoms with E-state index in [0.717, 1.165) is 12.1 Å². The van der Waals surface area contributed by atoms with Crippen LogP contribution in [0.25, 0.3) is 0 Å². The lowest BCUT2D eigenvalue weighted by molar-refractivity contribution is 0.101. The molecule has 1 amide bonds. The maximum absolute atomic E-state index is 13.7. The fourth-order valence-electron chi connectivity index (χ4n) is 2.36. The lowest BCUT2D eigenvalue weighted by Crippen LogP contribution is -2.16. The number of hydrogen-bond acceptors (Lipinski definition) is 5. The summed E-state index contributed by atoms with van der Waals surface area (Å²) in [6.07, 6.45) is 3.64. The van der Waals surface area contributed by atoms with Crippen LogP contribution in [-0.2, 0) is 0 Å². The van der Waals surface area contributed by atoms with Gasteiger partial charge in [-0.15, -0.1) is 0 Å². The van der Waals surface area contributed by atoms with Crippen molar-refractivity contribution in [2.24, 2.45) is 5.16 Å². The fourth-order valence-corrected chi connectivity index (χ4v) is 2.36. The molecule has 2 aromatic heterocycles. The van der Waals surface area contributed by atoms with Gasteiger partial charge in [0.1, 0.15) is 23.0 Å². The summed E-state index contributed by atoms with van der Waals surface area (Å²) < 4.78 is 27.4. The van der Waals surface area contributed by atoms with Crippen LogP contribution in [-0.4, -0.2) is 21.6 Å².